The van der Waals surface area contributed by atoms with E-state index in [1.165, 1.54) is 0 Å². The van der Waals surface area contributed by atoms with Crippen molar-refractivity contribution in [3.8, 4) is 0 Å². The maximum Gasteiger partial charge on any atom is 0.0491 e. The van der Waals surface area contributed by atoms with Crippen LogP contribution in [0.2, 0.25) is 0 Å². The minimum absolute atomic E-state index is 0.806. The maximum atomic E-state index is 3.74. The van der Waals surface area contributed by atoms with Gasteiger partial charge in [-0.05, 0) is 20.7 Å². The summed E-state index contributed by atoms with van der Waals surface area (Å²) < 4.78 is 0. The molecule has 1 N–H and O–H groups in total. The lowest BCUT2D eigenvalue weighted by Gasteiger charge is -1.94. The fourth-order valence-electron chi connectivity index (χ4n) is 0.430. The Balaban J connectivity index is 3.54. The Morgan fingerprint density at radius 3 is 2.62 bits per heavy atom. The molecule has 8 heavy (non-hydrogen) atoms. The summed E-state index contributed by atoms with van der Waals surface area (Å²) in [5.74, 6) is 0. The molecule has 0 aromatic heterocycles. The lowest BCUT2D eigenvalue weighted by Crippen LogP contribution is -2.08. The van der Waals surface area contributed by atoms with Gasteiger partial charge in [0.25, 0.3) is 0 Å². The van der Waals surface area contributed by atoms with Gasteiger partial charge in [-0.1, -0.05) is 6.08 Å². The zero-order valence-electron chi connectivity index (χ0n) is 5.44. The molecule has 0 saturated carbocycles. The van der Waals surface area contributed by atoms with E-state index in [1.54, 1.807) is 0 Å². The van der Waals surface area contributed by atoms with Crippen LogP contribution in [0.3, 0.4) is 0 Å². The molecule has 0 unspecified atom stereocenters. The van der Waals surface area contributed by atoms with Crippen LogP contribution in [-0.4, -0.2) is 20.3 Å². The first-order valence-electron chi connectivity index (χ1n) is 2.61. The average Bonchev–Trinajstić information content (AvgIpc) is 1.83. The van der Waals surface area contributed by atoms with Gasteiger partial charge in [0, 0.05) is 12.2 Å². The van der Waals surface area contributed by atoms with Gasteiger partial charge in [0.15, 0.2) is 0 Å². The van der Waals surface area contributed by atoms with Crippen LogP contribution in [0.25, 0.3) is 0 Å². The number of likely N-dealkylation sites (N-methyl/N-ethyl adjacent to an activating group) is 1. The van der Waals surface area contributed by atoms with E-state index in [1.807, 2.05) is 20.0 Å². The Morgan fingerprint density at radius 2 is 2.50 bits per heavy atom. The van der Waals surface area contributed by atoms with Crippen molar-refractivity contribution in [3.05, 3.63) is 11.8 Å². The molecule has 0 bridgehead atoms. The molecule has 0 heterocycles. The van der Waals surface area contributed by atoms with Crippen LogP contribution in [0.4, 0.5) is 0 Å². The van der Waals surface area contributed by atoms with Crippen LogP contribution in [0, 0.1) is 0 Å². The third-order valence-corrected chi connectivity index (χ3v) is 0.894. The standard InChI is InChI=1S/C6H12N2/c1-4-6(8-3)5-7-2/h4,7H,3,5H2,1-2H3/b6-4-. The first-order chi connectivity index (χ1) is 3.85. The van der Waals surface area contributed by atoms with Gasteiger partial charge in [-0.3, -0.25) is 4.99 Å². The van der Waals surface area contributed by atoms with E-state index in [0.717, 1.165) is 12.2 Å². The number of nitrogens with zero attached hydrogens (tertiary/aromatic N) is 1. The average molecular weight is 112 g/mol. The molecule has 0 amide bonds. The molecule has 0 aliphatic heterocycles. The van der Waals surface area contributed by atoms with E-state index in [-0.39, 0.29) is 0 Å². The highest BCUT2D eigenvalue weighted by Crippen LogP contribution is 1.89. The maximum absolute atomic E-state index is 3.74. The van der Waals surface area contributed by atoms with Crippen molar-refractivity contribution < 1.29 is 0 Å². The Hall–Kier alpha value is -0.630. The Morgan fingerprint density at radius 1 is 1.88 bits per heavy atom. The molecule has 46 valence electrons. The Bertz CT molecular complexity index is 94.7. The summed E-state index contributed by atoms with van der Waals surface area (Å²) in [5.41, 5.74) is 0.993. The van der Waals surface area contributed by atoms with E-state index in [9.17, 15) is 0 Å². The number of allylic oxidation sites excluding steroid dienone is 1. The van der Waals surface area contributed by atoms with Crippen molar-refractivity contribution in [3.63, 3.8) is 0 Å². The number of hydrogen-bond acceptors (Lipinski definition) is 2. The number of nitrogens with one attached hydrogen (secondary N) is 1. The zero-order chi connectivity index (χ0) is 6.41. The van der Waals surface area contributed by atoms with Gasteiger partial charge in [-0.2, -0.15) is 0 Å². The molecule has 0 fully saturated rings. The second-order valence-electron chi connectivity index (χ2n) is 1.47. The molecule has 2 nitrogen and oxygen atoms in total. The summed E-state index contributed by atoms with van der Waals surface area (Å²) in [6, 6.07) is 0. The van der Waals surface area contributed by atoms with Crippen LogP contribution in [0.5, 0.6) is 0 Å². The predicted molar refractivity (Wildman–Crippen MR) is 37.2 cm³/mol. The van der Waals surface area contributed by atoms with Crippen LogP contribution < -0.4 is 5.32 Å². The molecule has 0 rings (SSSR count). The molecule has 0 saturated heterocycles. The first kappa shape index (κ1) is 7.37. The second-order valence-corrected chi connectivity index (χ2v) is 1.47. The normalized spacial score (nSPS) is 11.5. The summed E-state index contributed by atoms with van der Waals surface area (Å²) >= 11 is 0. The van der Waals surface area contributed by atoms with Gasteiger partial charge in [0.1, 0.15) is 0 Å². The number of aliphatic imine (C=N–C) groups is 1. The molecule has 0 aromatic rings. The molecule has 0 atom stereocenters. The summed E-state index contributed by atoms with van der Waals surface area (Å²) in [5, 5.41) is 2.97. The quantitative estimate of drug-likeness (QED) is 0.537. The number of rotatable bonds is 3. The van der Waals surface area contributed by atoms with E-state index < -0.39 is 0 Å². The first-order valence-corrected chi connectivity index (χ1v) is 2.61. The molecule has 0 spiro atoms. The highest BCUT2D eigenvalue weighted by atomic mass is 14.9. The van der Waals surface area contributed by atoms with Crippen LogP contribution in [0.15, 0.2) is 16.8 Å². The van der Waals surface area contributed by atoms with Crippen molar-refractivity contribution in [1.82, 2.24) is 5.32 Å². The molecule has 0 aromatic carbocycles. The van der Waals surface area contributed by atoms with Gasteiger partial charge in [0.2, 0.25) is 0 Å². The second kappa shape index (κ2) is 4.53. The summed E-state index contributed by atoms with van der Waals surface area (Å²) in [4.78, 5) is 3.74. The van der Waals surface area contributed by atoms with Crippen molar-refractivity contribution >= 4 is 6.72 Å². The Kier molecular flexibility index (Phi) is 4.17. The van der Waals surface area contributed by atoms with E-state index >= 15 is 0 Å². The minimum Gasteiger partial charge on any atom is -0.314 e. The van der Waals surface area contributed by atoms with Crippen LogP contribution in [0.1, 0.15) is 6.92 Å². The molecular formula is C6H12N2. The van der Waals surface area contributed by atoms with Gasteiger partial charge in [0.05, 0.1) is 0 Å². The van der Waals surface area contributed by atoms with Crippen LogP contribution in [-0.2, 0) is 0 Å². The monoisotopic (exact) mass is 112 g/mol. The van der Waals surface area contributed by atoms with Crippen molar-refractivity contribution in [2.45, 2.75) is 6.92 Å². The lowest BCUT2D eigenvalue weighted by atomic mass is 10.4. The smallest absolute Gasteiger partial charge is 0.0491 e. The van der Waals surface area contributed by atoms with E-state index in [4.69, 9.17) is 0 Å². The highest BCUT2D eigenvalue weighted by Gasteiger charge is 1.83. The summed E-state index contributed by atoms with van der Waals surface area (Å²) in [6.07, 6.45) is 1.93. The molecular weight excluding hydrogens is 100 g/mol. The SMILES string of the molecule is C=N/C(=C\C)CNC. The third kappa shape index (κ3) is 2.53. The van der Waals surface area contributed by atoms with E-state index in [0.29, 0.717) is 0 Å². The minimum atomic E-state index is 0.806. The Labute approximate surface area is 50.3 Å². The van der Waals surface area contributed by atoms with Crippen LogP contribution >= 0.6 is 0 Å². The molecule has 0 radical (unpaired) electrons. The van der Waals surface area contributed by atoms with Gasteiger partial charge in [-0.15, -0.1) is 0 Å². The highest BCUT2D eigenvalue weighted by molar-refractivity contribution is 5.29. The van der Waals surface area contributed by atoms with Gasteiger partial charge < -0.3 is 5.32 Å². The summed E-state index contributed by atoms with van der Waals surface area (Å²) in [7, 11) is 1.88. The largest absolute Gasteiger partial charge is 0.314 e. The van der Waals surface area contributed by atoms with E-state index in [2.05, 4.69) is 17.0 Å². The third-order valence-electron chi connectivity index (χ3n) is 0.894. The van der Waals surface area contributed by atoms with Crippen molar-refractivity contribution in [2.24, 2.45) is 4.99 Å². The molecule has 2 heteroatoms. The fraction of sp³-hybridized carbons (Fsp3) is 0.500. The topological polar surface area (TPSA) is 24.4 Å². The van der Waals surface area contributed by atoms with Gasteiger partial charge in [-0.25, -0.2) is 0 Å². The number of hydrogen-bond donors (Lipinski definition) is 1. The lowest BCUT2D eigenvalue weighted by molar-refractivity contribution is 0.871. The summed E-state index contributed by atoms with van der Waals surface area (Å²) in [6.45, 7) is 6.14. The fourth-order valence-corrected chi connectivity index (χ4v) is 0.430. The van der Waals surface area contributed by atoms with Gasteiger partial charge >= 0.3 is 0 Å². The molecule has 0 aliphatic rings. The van der Waals surface area contributed by atoms with Crippen molar-refractivity contribution in [2.75, 3.05) is 13.6 Å². The molecule has 0 aliphatic carbocycles. The predicted octanol–water partition coefficient (Wildman–Crippen LogP) is 0.810. The zero-order valence-corrected chi connectivity index (χ0v) is 5.44. The van der Waals surface area contributed by atoms with Crippen molar-refractivity contribution in [1.29, 1.82) is 0 Å².